The number of nitrogens with two attached hydrogens (primary N) is 1. The van der Waals surface area contributed by atoms with Gasteiger partial charge in [0.15, 0.2) is 0 Å². The highest BCUT2D eigenvalue weighted by Gasteiger charge is 2.42. The summed E-state index contributed by atoms with van der Waals surface area (Å²) in [5, 5.41) is 3.05. The van der Waals surface area contributed by atoms with Gasteiger partial charge < -0.3 is 11.1 Å². The molecule has 1 saturated carbocycles. The average molecular weight is 325 g/mol. The van der Waals surface area contributed by atoms with Crippen LogP contribution in [-0.4, -0.2) is 19.0 Å². The maximum Gasteiger partial charge on any atom is 0.230 e. The Balaban J connectivity index is 2.20. The summed E-state index contributed by atoms with van der Waals surface area (Å²) in [6.07, 6.45) is 4.96. The summed E-state index contributed by atoms with van der Waals surface area (Å²) >= 11 is 3.50. The maximum absolute atomic E-state index is 12.6. The van der Waals surface area contributed by atoms with E-state index in [0.717, 1.165) is 42.1 Å². The van der Waals surface area contributed by atoms with Gasteiger partial charge in [0, 0.05) is 11.0 Å². The predicted octanol–water partition coefficient (Wildman–Crippen LogP) is 2.73. The Labute approximate surface area is 123 Å². The maximum atomic E-state index is 12.6. The summed E-state index contributed by atoms with van der Waals surface area (Å²) in [5.74, 6) is 0.163. The van der Waals surface area contributed by atoms with E-state index in [9.17, 15) is 4.79 Å². The molecule has 1 fully saturated rings. The van der Waals surface area contributed by atoms with Crippen molar-refractivity contribution in [2.24, 2.45) is 5.73 Å². The average Bonchev–Trinajstić information content (AvgIpc) is 2.89. The molecule has 0 saturated heterocycles. The van der Waals surface area contributed by atoms with Crippen LogP contribution in [0.5, 0.6) is 0 Å². The van der Waals surface area contributed by atoms with Crippen LogP contribution >= 0.6 is 15.9 Å². The molecule has 1 aliphatic carbocycles. The van der Waals surface area contributed by atoms with E-state index in [1.54, 1.807) is 0 Å². The standard InChI is InChI=1S/C15H21BrN2O/c16-13-6-3-5-12(11-13)15(7-1-2-8-15)14(19)18-10-4-9-17/h3,5-6,11H,1-2,4,7-10,17H2,(H,18,19). The minimum atomic E-state index is -0.335. The fraction of sp³-hybridized carbons (Fsp3) is 0.533. The third-order valence-corrected chi connectivity index (χ3v) is 4.43. The molecular weight excluding hydrogens is 304 g/mol. The number of halogens is 1. The summed E-state index contributed by atoms with van der Waals surface area (Å²) in [5.41, 5.74) is 6.27. The molecule has 1 aliphatic rings. The van der Waals surface area contributed by atoms with E-state index in [1.807, 2.05) is 12.1 Å². The second-order valence-electron chi connectivity index (χ2n) is 5.20. The summed E-state index contributed by atoms with van der Waals surface area (Å²) in [6, 6.07) is 8.15. The van der Waals surface area contributed by atoms with Crippen molar-refractivity contribution in [3.63, 3.8) is 0 Å². The first kappa shape index (κ1) is 14.5. The van der Waals surface area contributed by atoms with Gasteiger partial charge in [0.25, 0.3) is 0 Å². The lowest BCUT2D eigenvalue weighted by atomic mass is 9.78. The molecule has 2 rings (SSSR count). The Hall–Kier alpha value is -0.870. The zero-order chi connectivity index (χ0) is 13.7. The smallest absolute Gasteiger partial charge is 0.230 e. The molecule has 0 radical (unpaired) electrons. The van der Waals surface area contributed by atoms with Crippen molar-refractivity contribution in [3.05, 3.63) is 34.3 Å². The van der Waals surface area contributed by atoms with Gasteiger partial charge in [-0.3, -0.25) is 4.79 Å². The SMILES string of the molecule is NCCCNC(=O)C1(c2cccc(Br)c2)CCCC1. The van der Waals surface area contributed by atoms with Crippen LogP contribution in [0.15, 0.2) is 28.7 Å². The van der Waals surface area contributed by atoms with Gasteiger partial charge in [-0.2, -0.15) is 0 Å². The number of nitrogens with one attached hydrogen (secondary N) is 1. The molecule has 0 unspecified atom stereocenters. The molecule has 1 amide bonds. The van der Waals surface area contributed by atoms with Crippen molar-refractivity contribution in [1.29, 1.82) is 0 Å². The van der Waals surface area contributed by atoms with Crippen LogP contribution in [0.2, 0.25) is 0 Å². The van der Waals surface area contributed by atoms with Crippen molar-refractivity contribution in [2.75, 3.05) is 13.1 Å². The van der Waals surface area contributed by atoms with Gasteiger partial charge in [0.05, 0.1) is 5.41 Å². The molecule has 0 atom stereocenters. The minimum Gasteiger partial charge on any atom is -0.355 e. The molecule has 0 heterocycles. The molecule has 104 valence electrons. The largest absolute Gasteiger partial charge is 0.355 e. The van der Waals surface area contributed by atoms with E-state index >= 15 is 0 Å². The Morgan fingerprint density at radius 1 is 1.37 bits per heavy atom. The van der Waals surface area contributed by atoms with Gasteiger partial charge >= 0.3 is 0 Å². The number of carbonyl (C=O) groups excluding carboxylic acids is 1. The summed E-state index contributed by atoms with van der Waals surface area (Å²) in [4.78, 5) is 12.6. The van der Waals surface area contributed by atoms with Crippen molar-refractivity contribution in [3.8, 4) is 0 Å². The molecule has 0 aliphatic heterocycles. The summed E-state index contributed by atoms with van der Waals surface area (Å²) in [7, 11) is 0. The van der Waals surface area contributed by atoms with Gasteiger partial charge in [0.1, 0.15) is 0 Å². The number of carbonyl (C=O) groups is 1. The molecule has 0 spiro atoms. The second kappa shape index (κ2) is 6.53. The fourth-order valence-electron chi connectivity index (χ4n) is 2.88. The molecule has 3 nitrogen and oxygen atoms in total. The lowest BCUT2D eigenvalue weighted by molar-refractivity contribution is -0.126. The van der Waals surface area contributed by atoms with Crippen LogP contribution < -0.4 is 11.1 Å². The van der Waals surface area contributed by atoms with Crippen molar-refractivity contribution >= 4 is 21.8 Å². The number of rotatable bonds is 5. The van der Waals surface area contributed by atoms with E-state index in [1.165, 1.54) is 0 Å². The number of hydrogen-bond donors (Lipinski definition) is 2. The first-order chi connectivity index (χ1) is 9.19. The second-order valence-corrected chi connectivity index (χ2v) is 6.11. The summed E-state index contributed by atoms with van der Waals surface area (Å²) < 4.78 is 1.03. The Kier molecular flexibility index (Phi) is 4.99. The first-order valence-electron chi connectivity index (χ1n) is 6.93. The fourth-order valence-corrected chi connectivity index (χ4v) is 3.28. The quantitative estimate of drug-likeness (QED) is 0.818. The van der Waals surface area contributed by atoms with E-state index in [2.05, 4.69) is 33.4 Å². The zero-order valence-electron chi connectivity index (χ0n) is 11.1. The lowest BCUT2D eigenvalue weighted by Crippen LogP contribution is -2.43. The molecule has 19 heavy (non-hydrogen) atoms. The summed E-state index contributed by atoms with van der Waals surface area (Å²) in [6.45, 7) is 1.29. The highest BCUT2D eigenvalue weighted by Crippen LogP contribution is 2.42. The lowest BCUT2D eigenvalue weighted by Gasteiger charge is -2.28. The van der Waals surface area contributed by atoms with Crippen LogP contribution in [0.1, 0.15) is 37.7 Å². The number of benzene rings is 1. The molecule has 4 heteroatoms. The van der Waals surface area contributed by atoms with E-state index in [-0.39, 0.29) is 11.3 Å². The third-order valence-electron chi connectivity index (χ3n) is 3.94. The first-order valence-corrected chi connectivity index (χ1v) is 7.73. The zero-order valence-corrected chi connectivity index (χ0v) is 12.7. The predicted molar refractivity (Wildman–Crippen MR) is 81.0 cm³/mol. The van der Waals surface area contributed by atoms with Gasteiger partial charge in [-0.05, 0) is 43.5 Å². The Bertz CT molecular complexity index is 442. The highest BCUT2D eigenvalue weighted by molar-refractivity contribution is 9.10. The minimum absolute atomic E-state index is 0.163. The Morgan fingerprint density at radius 2 is 2.11 bits per heavy atom. The van der Waals surface area contributed by atoms with E-state index < -0.39 is 0 Å². The third kappa shape index (κ3) is 3.18. The number of amides is 1. The molecule has 1 aromatic rings. The van der Waals surface area contributed by atoms with Gasteiger partial charge in [-0.15, -0.1) is 0 Å². The van der Waals surface area contributed by atoms with Crippen molar-refractivity contribution < 1.29 is 4.79 Å². The molecule has 1 aromatic carbocycles. The molecule has 3 N–H and O–H groups in total. The van der Waals surface area contributed by atoms with Crippen molar-refractivity contribution in [2.45, 2.75) is 37.5 Å². The highest BCUT2D eigenvalue weighted by atomic mass is 79.9. The Morgan fingerprint density at radius 3 is 2.74 bits per heavy atom. The molecular formula is C15H21BrN2O. The molecule has 0 aromatic heterocycles. The van der Waals surface area contributed by atoms with Crippen LogP contribution in [0.25, 0.3) is 0 Å². The van der Waals surface area contributed by atoms with Crippen molar-refractivity contribution in [1.82, 2.24) is 5.32 Å². The van der Waals surface area contributed by atoms with Gasteiger partial charge in [0.2, 0.25) is 5.91 Å². The monoisotopic (exact) mass is 324 g/mol. The molecule has 0 bridgehead atoms. The topological polar surface area (TPSA) is 55.1 Å². The van der Waals surface area contributed by atoms with Gasteiger partial charge in [-0.25, -0.2) is 0 Å². The van der Waals surface area contributed by atoms with Crippen LogP contribution in [0.3, 0.4) is 0 Å². The van der Waals surface area contributed by atoms with Gasteiger partial charge in [-0.1, -0.05) is 40.9 Å². The van der Waals surface area contributed by atoms with Crippen LogP contribution in [0, 0.1) is 0 Å². The van der Waals surface area contributed by atoms with E-state index in [0.29, 0.717) is 13.1 Å². The normalized spacial score (nSPS) is 17.4. The van der Waals surface area contributed by atoms with E-state index in [4.69, 9.17) is 5.73 Å². The van der Waals surface area contributed by atoms with Crippen LogP contribution in [0.4, 0.5) is 0 Å². The van der Waals surface area contributed by atoms with Crippen LogP contribution in [-0.2, 0) is 10.2 Å². The number of hydrogen-bond acceptors (Lipinski definition) is 2.